The molecule has 0 aliphatic carbocycles. The molecule has 0 saturated heterocycles. The number of nitrogens with zero attached hydrogens (tertiary/aromatic N) is 1. The summed E-state index contributed by atoms with van der Waals surface area (Å²) in [5.74, 6) is 0. The molecule has 2 rings (SSSR count). The maximum absolute atomic E-state index is 11.3. The van der Waals surface area contributed by atoms with E-state index < -0.39 is 0 Å². The van der Waals surface area contributed by atoms with E-state index in [0.29, 0.717) is 5.69 Å². The Hall–Kier alpha value is -2.36. The van der Waals surface area contributed by atoms with Crippen molar-refractivity contribution >= 4 is 17.1 Å². The number of nitrogens with one attached hydrogen (secondary N) is 1. The van der Waals surface area contributed by atoms with Gasteiger partial charge in [-0.05, 0) is 29.2 Å². The van der Waals surface area contributed by atoms with Crippen LogP contribution < -0.4 is 5.32 Å². The van der Waals surface area contributed by atoms with Gasteiger partial charge in [0.15, 0.2) is 0 Å². The second-order valence-electron chi connectivity index (χ2n) is 5.73. The number of anilines is 2. The van der Waals surface area contributed by atoms with Crippen molar-refractivity contribution in [1.29, 1.82) is 0 Å². The summed E-state index contributed by atoms with van der Waals surface area (Å²) in [5.41, 5.74) is 2.27. The van der Waals surface area contributed by atoms with Gasteiger partial charge in [0.05, 0.1) is 4.92 Å². The van der Waals surface area contributed by atoms with E-state index in [1.807, 2.05) is 57.2 Å². The minimum atomic E-state index is -0.347. The molecule has 0 bridgehead atoms. The maximum atomic E-state index is 11.3. The van der Waals surface area contributed by atoms with Crippen LogP contribution in [-0.2, 0) is 5.41 Å². The molecule has 0 amide bonds. The molecule has 2 aromatic carbocycles. The molecule has 104 valence electrons. The number of para-hydroxylation sites is 1. The lowest BCUT2D eigenvalue weighted by molar-refractivity contribution is -0.384. The van der Waals surface area contributed by atoms with Crippen molar-refractivity contribution in [2.24, 2.45) is 0 Å². The van der Waals surface area contributed by atoms with E-state index in [1.165, 1.54) is 0 Å². The van der Waals surface area contributed by atoms with Gasteiger partial charge in [-0.2, -0.15) is 0 Å². The van der Waals surface area contributed by atoms with Gasteiger partial charge in [0, 0.05) is 11.8 Å². The van der Waals surface area contributed by atoms with E-state index in [0.717, 1.165) is 11.3 Å². The minimum absolute atomic E-state index is 0.0984. The fourth-order valence-corrected chi connectivity index (χ4v) is 1.93. The Bertz CT molecular complexity index is 616. The van der Waals surface area contributed by atoms with E-state index >= 15 is 0 Å². The van der Waals surface area contributed by atoms with Crippen LogP contribution >= 0.6 is 0 Å². The summed E-state index contributed by atoms with van der Waals surface area (Å²) in [6, 6.07) is 14.8. The molecule has 4 nitrogen and oxygen atoms in total. The summed E-state index contributed by atoms with van der Waals surface area (Å²) in [6.45, 7) is 6.11. The molecule has 0 unspecified atom stereocenters. The van der Waals surface area contributed by atoms with Gasteiger partial charge in [0.1, 0.15) is 5.69 Å². The Morgan fingerprint density at radius 1 is 1.05 bits per heavy atom. The van der Waals surface area contributed by atoms with Gasteiger partial charge in [0.2, 0.25) is 0 Å². The molecule has 1 N–H and O–H groups in total. The average molecular weight is 270 g/mol. The van der Waals surface area contributed by atoms with Crippen LogP contribution in [0.2, 0.25) is 0 Å². The molecule has 0 aromatic heterocycles. The highest BCUT2D eigenvalue weighted by Crippen LogP contribution is 2.32. The van der Waals surface area contributed by atoms with Gasteiger partial charge in [-0.1, -0.05) is 45.0 Å². The predicted molar refractivity (Wildman–Crippen MR) is 81.5 cm³/mol. The molecule has 0 saturated carbocycles. The fourth-order valence-electron chi connectivity index (χ4n) is 1.93. The highest BCUT2D eigenvalue weighted by molar-refractivity contribution is 5.70. The minimum Gasteiger partial charge on any atom is -0.350 e. The van der Waals surface area contributed by atoms with Gasteiger partial charge < -0.3 is 5.32 Å². The third kappa shape index (κ3) is 3.15. The molecule has 0 aliphatic heterocycles. The number of nitro benzene ring substituents is 1. The van der Waals surface area contributed by atoms with Crippen molar-refractivity contribution in [2.45, 2.75) is 26.2 Å². The molecule has 2 aromatic rings. The highest BCUT2D eigenvalue weighted by atomic mass is 16.6. The molecule has 0 heterocycles. The molecule has 20 heavy (non-hydrogen) atoms. The van der Waals surface area contributed by atoms with Crippen molar-refractivity contribution in [3.63, 3.8) is 0 Å². The Balaban J connectivity index is 2.41. The number of nitro groups is 1. The van der Waals surface area contributed by atoms with Crippen LogP contribution in [0.25, 0.3) is 0 Å². The van der Waals surface area contributed by atoms with E-state index in [1.54, 1.807) is 12.1 Å². The quantitative estimate of drug-likeness (QED) is 0.653. The Labute approximate surface area is 118 Å². The van der Waals surface area contributed by atoms with Crippen LogP contribution in [0, 0.1) is 10.1 Å². The normalized spacial score (nSPS) is 11.2. The first kappa shape index (κ1) is 14.1. The molecular weight excluding hydrogens is 252 g/mol. The van der Waals surface area contributed by atoms with Crippen molar-refractivity contribution in [3.8, 4) is 0 Å². The number of hydrogen-bond acceptors (Lipinski definition) is 3. The number of rotatable bonds is 3. The van der Waals surface area contributed by atoms with Crippen LogP contribution in [0.3, 0.4) is 0 Å². The average Bonchev–Trinajstić information content (AvgIpc) is 2.38. The summed E-state index contributed by atoms with van der Waals surface area (Å²) in [6.07, 6.45) is 0. The summed E-state index contributed by atoms with van der Waals surface area (Å²) in [4.78, 5) is 10.9. The second kappa shape index (κ2) is 5.33. The van der Waals surface area contributed by atoms with Crippen molar-refractivity contribution in [3.05, 3.63) is 64.2 Å². The van der Waals surface area contributed by atoms with E-state index in [4.69, 9.17) is 0 Å². The zero-order chi connectivity index (χ0) is 14.8. The van der Waals surface area contributed by atoms with E-state index in [-0.39, 0.29) is 16.0 Å². The summed E-state index contributed by atoms with van der Waals surface area (Å²) < 4.78 is 0. The van der Waals surface area contributed by atoms with E-state index in [9.17, 15) is 10.1 Å². The van der Waals surface area contributed by atoms with Gasteiger partial charge in [-0.25, -0.2) is 0 Å². The van der Waals surface area contributed by atoms with Crippen molar-refractivity contribution in [1.82, 2.24) is 0 Å². The topological polar surface area (TPSA) is 55.2 Å². The molecule has 0 atom stereocenters. The van der Waals surface area contributed by atoms with Crippen LogP contribution in [0.4, 0.5) is 17.1 Å². The zero-order valence-electron chi connectivity index (χ0n) is 11.9. The van der Waals surface area contributed by atoms with Gasteiger partial charge in [-0.15, -0.1) is 0 Å². The summed E-state index contributed by atoms with van der Waals surface area (Å²) in [7, 11) is 0. The van der Waals surface area contributed by atoms with Gasteiger partial charge in [-0.3, -0.25) is 10.1 Å². The number of benzene rings is 2. The third-order valence-corrected chi connectivity index (χ3v) is 3.11. The lowest BCUT2D eigenvalue weighted by Crippen LogP contribution is -2.11. The Kier molecular flexibility index (Phi) is 3.74. The Morgan fingerprint density at radius 3 is 2.25 bits per heavy atom. The third-order valence-electron chi connectivity index (χ3n) is 3.11. The van der Waals surface area contributed by atoms with Crippen LogP contribution in [0.1, 0.15) is 26.3 Å². The SMILES string of the molecule is CC(C)(C)c1ccc(Nc2ccccc2)c([N+](=O)[O-])c1. The summed E-state index contributed by atoms with van der Waals surface area (Å²) in [5, 5.41) is 14.3. The molecular formula is C16H18N2O2. The first-order chi connectivity index (χ1) is 9.38. The molecule has 4 heteroatoms. The maximum Gasteiger partial charge on any atom is 0.292 e. The zero-order valence-corrected chi connectivity index (χ0v) is 11.9. The van der Waals surface area contributed by atoms with Crippen LogP contribution in [-0.4, -0.2) is 4.92 Å². The van der Waals surface area contributed by atoms with Gasteiger partial charge >= 0.3 is 0 Å². The molecule has 0 fully saturated rings. The lowest BCUT2D eigenvalue weighted by atomic mass is 9.86. The molecule has 0 radical (unpaired) electrons. The standard InChI is InChI=1S/C16H18N2O2/c1-16(2,3)12-9-10-14(15(11-12)18(19)20)17-13-7-5-4-6-8-13/h4-11,17H,1-3H3. The van der Waals surface area contributed by atoms with Crippen molar-refractivity contribution in [2.75, 3.05) is 5.32 Å². The molecule has 0 spiro atoms. The first-order valence-electron chi connectivity index (χ1n) is 6.49. The van der Waals surface area contributed by atoms with Gasteiger partial charge in [0.25, 0.3) is 5.69 Å². The number of hydrogen-bond donors (Lipinski definition) is 1. The second-order valence-corrected chi connectivity index (χ2v) is 5.73. The van der Waals surface area contributed by atoms with Crippen LogP contribution in [0.15, 0.2) is 48.5 Å². The fraction of sp³-hybridized carbons (Fsp3) is 0.250. The first-order valence-corrected chi connectivity index (χ1v) is 6.49. The van der Waals surface area contributed by atoms with Crippen LogP contribution in [0.5, 0.6) is 0 Å². The lowest BCUT2D eigenvalue weighted by Gasteiger charge is -2.19. The Morgan fingerprint density at radius 2 is 1.70 bits per heavy atom. The largest absolute Gasteiger partial charge is 0.350 e. The summed E-state index contributed by atoms with van der Waals surface area (Å²) >= 11 is 0. The highest BCUT2D eigenvalue weighted by Gasteiger charge is 2.20. The monoisotopic (exact) mass is 270 g/mol. The smallest absolute Gasteiger partial charge is 0.292 e. The predicted octanol–water partition coefficient (Wildman–Crippen LogP) is 4.64. The molecule has 0 aliphatic rings. The van der Waals surface area contributed by atoms with Crippen molar-refractivity contribution < 1.29 is 4.92 Å². The van der Waals surface area contributed by atoms with E-state index in [2.05, 4.69) is 5.32 Å².